The standard InChI is InChI=1S/C17H25N3O4/c1-7-14(21)19-17(6,16(23)24)20(15(22)12(4)5)13(11(2)3)9-8-10-18/h7,11,13H,1,4,8-9H2,2-3,5-6H3,(H,19,21)(H,23,24)/t13?,17-/m0/s1. The molecule has 0 radical (unpaired) electrons. The van der Waals surface area contributed by atoms with Crippen LogP contribution in [-0.4, -0.2) is 39.5 Å². The number of carboxylic acids is 1. The van der Waals surface area contributed by atoms with E-state index < -0.39 is 29.5 Å². The van der Waals surface area contributed by atoms with Gasteiger partial charge < -0.3 is 15.3 Å². The number of carbonyl (C=O) groups is 3. The number of aliphatic carboxylic acids is 1. The first-order valence-electron chi connectivity index (χ1n) is 7.57. The lowest BCUT2D eigenvalue weighted by Gasteiger charge is -2.44. The van der Waals surface area contributed by atoms with Gasteiger partial charge in [0.05, 0.1) is 6.07 Å². The molecule has 0 aliphatic carbocycles. The third-order valence-corrected chi connectivity index (χ3v) is 3.69. The highest BCUT2D eigenvalue weighted by Crippen LogP contribution is 2.26. The Morgan fingerprint density at radius 3 is 2.29 bits per heavy atom. The van der Waals surface area contributed by atoms with Crippen LogP contribution in [0.4, 0.5) is 0 Å². The number of hydrogen-bond acceptors (Lipinski definition) is 4. The summed E-state index contributed by atoms with van der Waals surface area (Å²) in [6.45, 7) is 13.2. The molecule has 0 aliphatic rings. The smallest absolute Gasteiger partial charge is 0.350 e. The SMILES string of the molecule is C=CC(=O)N[C@](C)(C(=O)O)N(C(=O)C(=C)C)C(CCC#N)C(C)C. The number of amides is 2. The maximum absolute atomic E-state index is 12.7. The van der Waals surface area contributed by atoms with Crippen molar-refractivity contribution in [2.75, 3.05) is 0 Å². The lowest BCUT2D eigenvalue weighted by molar-refractivity contribution is -0.165. The van der Waals surface area contributed by atoms with E-state index in [1.165, 1.54) is 13.8 Å². The minimum Gasteiger partial charge on any atom is -0.478 e. The third-order valence-electron chi connectivity index (χ3n) is 3.69. The Balaban J connectivity index is 6.22. The van der Waals surface area contributed by atoms with Gasteiger partial charge in [0.15, 0.2) is 0 Å². The topological polar surface area (TPSA) is 110 Å². The normalized spacial score (nSPS) is 14.0. The zero-order valence-corrected chi connectivity index (χ0v) is 14.6. The fraction of sp³-hybridized carbons (Fsp3) is 0.529. The Morgan fingerprint density at radius 1 is 1.42 bits per heavy atom. The number of hydrogen-bond donors (Lipinski definition) is 2. The zero-order chi connectivity index (χ0) is 19.1. The molecule has 132 valence electrons. The monoisotopic (exact) mass is 335 g/mol. The minimum atomic E-state index is -1.99. The molecule has 7 nitrogen and oxygen atoms in total. The van der Waals surface area contributed by atoms with Gasteiger partial charge in [0.1, 0.15) is 0 Å². The van der Waals surface area contributed by atoms with Gasteiger partial charge in [-0.15, -0.1) is 0 Å². The molecule has 0 rings (SSSR count). The van der Waals surface area contributed by atoms with Gasteiger partial charge >= 0.3 is 5.97 Å². The van der Waals surface area contributed by atoms with Crippen molar-refractivity contribution in [3.8, 4) is 6.07 Å². The molecule has 0 aromatic rings. The largest absolute Gasteiger partial charge is 0.478 e. The zero-order valence-electron chi connectivity index (χ0n) is 14.6. The molecular formula is C17H25N3O4. The van der Waals surface area contributed by atoms with Crippen LogP contribution in [0.15, 0.2) is 24.8 Å². The Hall–Kier alpha value is -2.62. The average molecular weight is 335 g/mol. The van der Waals surface area contributed by atoms with Crippen LogP contribution in [0.1, 0.15) is 40.5 Å². The van der Waals surface area contributed by atoms with Crippen molar-refractivity contribution < 1.29 is 19.5 Å². The number of nitrogens with one attached hydrogen (secondary N) is 1. The second-order valence-electron chi connectivity index (χ2n) is 6.03. The van der Waals surface area contributed by atoms with E-state index in [4.69, 9.17) is 5.26 Å². The molecule has 2 atom stereocenters. The molecule has 0 aliphatic heterocycles. The molecule has 0 aromatic carbocycles. The van der Waals surface area contributed by atoms with Gasteiger partial charge in [-0.3, -0.25) is 9.59 Å². The van der Waals surface area contributed by atoms with Crippen LogP contribution in [0.3, 0.4) is 0 Å². The predicted octanol–water partition coefficient (Wildman–Crippen LogP) is 1.82. The predicted molar refractivity (Wildman–Crippen MR) is 89.5 cm³/mol. The summed E-state index contributed by atoms with van der Waals surface area (Å²) < 4.78 is 0. The Labute approximate surface area is 142 Å². The van der Waals surface area contributed by atoms with Crippen molar-refractivity contribution in [3.63, 3.8) is 0 Å². The molecule has 7 heteroatoms. The van der Waals surface area contributed by atoms with Crippen molar-refractivity contribution >= 4 is 17.8 Å². The second-order valence-corrected chi connectivity index (χ2v) is 6.03. The summed E-state index contributed by atoms with van der Waals surface area (Å²) in [5.41, 5.74) is -1.86. The van der Waals surface area contributed by atoms with Crippen molar-refractivity contribution in [2.45, 2.75) is 52.2 Å². The second kappa shape index (κ2) is 8.87. The lowest BCUT2D eigenvalue weighted by atomic mass is 9.93. The van der Waals surface area contributed by atoms with Gasteiger partial charge in [0.2, 0.25) is 11.6 Å². The van der Waals surface area contributed by atoms with Gasteiger partial charge in [-0.2, -0.15) is 5.26 Å². The molecule has 0 heterocycles. The third kappa shape index (κ3) is 4.95. The highest BCUT2D eigenvalue weighted by molar-refractivity contribution is 5.99. The first kappa shape index (κ1) is 21.4. The molecule has 0 saturated carbocycles. The van der Waals surface area contributed by atoms with Gasteiger partial charge in [-0.05, 0) is 32.3 Å². The van der Waals surface area contributed by atoms with E-state index in [2.05, 4.69) is 18.5 Å². The van der Waals surface area contributed by atoms with Crippen LogP contribution in [0.25, 0.3) is 0 Å². The summed E-state index contributed by atoms with van der Waals surface area (Å²) in [6.07, 6.45) is 1.36. The van der Waals surface area contributed by atoms with E-state index in [-0.39, 0.29) is 24.3 Å². The summed E-state index contributed by atoms with van der Waals surface area (Å²) in [5, 5.41) is 20.9. The quantitative estimate of drug-likeness (QED) is 0.493. The van der Waals surface area contributed by atoms with Crippen LogP contribution in [-0.2, 0) is 14.4 Å². The maximum Gasteiger partial charge on any atom is 0.350 e. The number of carboxylic acid groups (broad SMARTS) is 1. The highest BCUT2D eigenvalue weighted by atomic mass is 16.4. The summed E-state index contributed by atoms with van der Waals surface area (Å²) >= 11 is 0. The number of rotatable bonds is 9. The van der Waals surface area contributed by atoms with E-state index in [0.29, 0.717) is 0 Å². The first-order valence-corrected chi connectivity index (χ1v) is 7.57. The van der Waals surface area contributed by atoms with Crippen LogP contribution >= 0.6 is 0 Å². The molecule has 0 spiro atoms. The van der Waals surface area contributed by atoms with Crippen molar-refractivity contribution in [3.05, 3.63) is 24.8 Å². The highest BCUT2D eigenvalue weighted by Gasteiger charge is 2.47. The number of carbonyl (C=O) groups excluding carboxylic acids is 2. The molecule has 0 aromatic heterocycles. The van der Waals surface area contributed by atoms with Crippen LogP contribution in [0.5, 0.6) is 0 Å². The first-order chi connectivity index (χ1) is 11.0. The van der Waals surface area contributed by atoms with Gasteiger partial charge in [-0.1, -0.05) is 27.0 Å². The fourth-order valence-electron chi connectivity index (χ4n) is 2.37. The van der Waals surface area contributed by atoms with E-state index in [9.17, 15) is 19.5 Å². The van der Waals surface area contributed by atoms with Crippen molar-refractivity contribution in [1.29, 1.82) is 5.26 Å². The Bertz CT molecular complexity index is 577. The van der Waals surface area contributed by atoms with E-state index in [1.807, 2.05) is 19.9 Å². The molecule has 1 unspecified atom stereocenters. The Morgan fingerprint density at radius 2 is 1.96 bits per heavy atom. The summed E-state index contributed by atoms with van der Waals surface area (Å²) in [5.74, 6) is -2.85. The molecule has 0 fully saturated rings. The number of nitrogens with zero attached hydrogens (tertiary/aromatic N) is 2. The van der Waals surface area contributed by atoms with Gasteiger partial charge in [0, 0.05) is 18.0 Å². The lowest BCUT2D eigenvalue weighted by Crippen LogP contribution is -2.68. The van der Waals surface area contributed by atoms with Crippen LogP contribution in [0.2, 0.25) is 0 Å². The van der Waals surface area contributed by atoms with E-state index in [1.54, 1.807) is 0 Å². The average Bonchev–Trinajstić information content (AvgIpc) is 2.49. The number of nitriles is 1. The molecule has 2 N–H and O–H groups in total. The van der Waals surface area contributed by atoms with Gasteiger partial charge in [0.25, 0.3) is 5.91 Å². The molecule has 0 bridgehead atoms. The van der Waals surface area contributed by atoms with E-state index >= 15 is 0 Å². The molecular weight excluding hydrogens is 310 g/mol. The fourth-order valence-corrected chi connectivity index (χ4v) is 2.37. The summed E-state index contributed by atoms with van der Waals surface area (Å²) in [4.78, 5) is 37.4. The van der Waals surface area contributed by atoms with Crippen LogP contribution in [0, 0.1) is 17.2 Å². The van der Waals surface area contributed by atoms with Crippen molar-refractivity contribution in [1.82, 2.24) is 10.2 Å². The Kier molecular flexibility index (Phi) is 7.90. The minimum absolute atomic E-state index is 0.137. The van der Waals surface area contributed by atoms with Crippen LogP contribution < -0.4 is 5.32 Å². The van der Waals surface area contributed by atoms with Gasteiger partial charge in [-0.25, -0.2) is 4.79 Å². The molecule has 2 amide bonds. The molecule has 0 saturated heterocycles. The van der Waals surface area contributed by atoms with E-state index in [0.717, 1.165) is 11.0 Å². The van der Waals surface area contributed by atoms with Crippen molar-refractivity contribution in [2.24, 2.45) is 5.92 Å². The maximum atomic E-state index is 12.7. The summed E-state index contributed by atoms with van der Waals surface area (Å²) in [6, 6.07) is 1.43. The summed E-state index contributed by atoms with van der Waals surface area (Å²) in [7, 11) is 0. The molecule has 24 heavy (non-hydrogen) atoms.